The number of allylic oxidation sites excluding steroid dienone is 4. The van der Waals surface area contributed by atoms with Gasteiger partial charge in [0.05, 0.1) is 0 Å². The van der Waals surface area contributed by atoms with Crippen LogP contribution in [-0.4, -0.2) is 5.78 Å². The van der Waals surface area contributed by atoms with Gasteiger partial charge in [-0.05, 0) is 24.5 Å². The molecule has 1 nitrogen and oxygen atoms in total. The molecule has 0 rings (SSSR count). The highest BCUT2D eigenvalue weighted by atomic mass is 16.1. The van der Waals surface area contributed by atoms with E-state index in [2.05, 4.69) is 27.0 Å². The Morgan fingerprint density at radius 3 is 2.00 bits per heavy atom. The molecule has 0 heterocycles. The summed E-state index contributed by atoms with van der Waals surface area (Å²) in [7, 11) is 0. The van der Waals surface area contributed by atoms with E-state index in [9.17, 15) is 4.79 Å². The minimum absolute atomic E-state index is 0.0511. The van der Waals surface area contributed by atoms with Gasteiger partial charge in [0.1, 0.15) is 0 Å². The first-order valence-electron chi connectivity index (χ1n) is 5.22. The first-order chi connectivity index (χ1) is 6.71. The zero-order chi connectivity index (χ0) is 11.0. The number of hydrogen-bond acceptors (Lipinski definition) is 1. The molecule has 1 heteroatoms. The average Bonchev–Trinajstić information content (AvgIpc) is 2.22. The van der Waals surface area contributed by atoms with Crippen molar-refractivity contribution >= 4 is 5.78 Å². The maximum Gasteiger partial charge on any atom is 0.181 e. The lowest BCUT2D eigenvalue weighted by Gasteiger charge is -2.08. The van der Waals surface area contributed by atoms with E-state index in [1.807, 2.05) is 0 Å². The van der Waals surface area contributed by atoms with Gasteiger partial charge in [0.25, 0.3) is 0 Å². The lowest BCUT2D eigenvalue weighted by atomic mass is 9.96. The summed E-state index contributed by atoms with van der Waals surface area (Å²) in [6.07, 6.45) is 6.97. The van der Waals surface area contributed by atoms with Crippen molar-refractivity contribution in [2.45, 2.75) is 39.5 Å². The van der Waals surface area contributed by atoms with Crippen molar-refractivity contribution in [3.8, 4) is 0 Å². The molecular formula is C13H20O. The van der Waals surface area contributed by atoms with E-state index < -0.39 is 0 Å². The van der Waals surface area contributed by atoms with Crippen LogP contribution in [0.15, 0.2) is 36.5 Å². The van der Waals surface area contributed by atoms with Crippen LogP contribution in [0.1, 0.15) is 39.5 Å². The number of rotatable bonds is 7. The van der Waals surface area contributed by atoms with E-state index in [4.69, 9.17) is 0 Å². The van der Waals surface area contributed by atoms with Crippen LogP contribution in [0.25, 0.3) is 0 Å². The van der Waals surface area contributed by atoms with Gasteiger partial charge in [-0.2, -0.15) is 0 Å². The Morgan fingerprint density at radius 2 is 1.64 bits per heavy atom. The van der Waals surface area contributed by atoms with E-state index in [0.29, 0.717) is 0 Å². The van der Waals surface area contributed by atoms with Gasteiger partial charge < -0.3 is 0 Å². The van der Waals surface area contributed by atoms with E-state index in [1.54, 1.807) is 6.08 Å². The number of carbonyl (C=O) groups is 1. The lowest BCUT2D eigenvalue weighted by Crippen LogP contribution is -2.02. The van der Waals surface area contributed by atoms with Crippen molar-refractivity contribution in [1.82, 2.24) is 0 Å². The van der Waals surface area contributed by atoms with Crippen LogP contribution >= 0.6 is 0 Å². The van der Waals surface area contributed by atoms with Gasteiger partial charge in [0.15, 0.2) is 5.78 Å². The molecule has 14 heavy (non-hydrogen) atoms. The second-order valence-corrected chi connectivity index (χ2v) is 3.28. The number of hydrogen-bond donors (Lipinski definition) is 0. The van der Waals surface area contributed by atoms with Crippen LogP contribution in [0.2, 0.25) is 0 Å². The molecular weight excluding hydrogens is 172 g/mol. The minimum atomic E-state index is 0.0511. The fourth-order valence-electron chi connectivity index (χ4n) is 1.46. The molecule has 0 unspecified atom stereocenters. The monoisotopic (exact) mass is 192 g/mol. The summed E-state index contributed by atoms with van der Waals surface area (Å²) in [6.45, 7) is 11.5. The molecule has 0 spiro atoms. The van der Waals surface area contributed by atoms with E-state index >= 15 is 0 Å². The van der Waals surface area contributed by atoms with Crippen LogP contribution in [0.4, 0.5) is 0 Å². The lowest BCUT2D eigenvalue weighted by molar-refractivity contribution is -0.111. The molecule has 0 radical (unpaired) electrons. The molecule has 0 saturated heterocycles. The van der Waals surface area contributed by atoms with E-state index in [-0.39, 0.29) is 5.78 Å². The summed E-state index contributed by atoms with van der Waals surface area (Å²) in [6, 6.07) is 0. The van der Waals surface area contributed by atoms with Crippen LogP contribution in [0, 0.1) is 0 Å². The standard InChI is InChI=1S/C13H20O/c1-5-9-11(7-3)12(10-6-2)13(14)8-4/h7-8H,3-6,9-10H2,1-2H3/b12-11-. The first-order valence-corrected chi connectivity index (χ1v) is 5.22. The van der Waals surface area contributed by atoms with E-state index in [0.717, 1.165) is 36.8 Å². The maximum atomic E-state index is 11.6. The van der Waals surface area contributed by atoms with Gasteiger partial charge in [-0.25, -0.2) is 0 Å². The first kappa shape index (κ1) is 12.9. The Balaban J connectivity index is 4.96. The van der Waals surface area contributed by atoms with Crippen molar-refractivity contribution in [3.05, 3.63) is 36.5 Å². The minimum Gasteiger partial charge on any atom is -0.290 e. The molecule has 0 aromatic heterocycles. The van der Waals surface area contributed by atoms with Crippen LogP contribution in [0.5, 0.6) is 0 Å². The van der Waals surface area contributed by atoms with Crippen molar-refractivity contribution < 1.29 is 4.79 Å². The van der Waals surface area contributed by atoms with Gasteiger partial charge in [0, 0.05) is 5.57 Å². The molecule has 0 fully saturated rings. The van der Waals surface area contributed by atoms with Crippen molar-refractivity contribution in [2.24, 2.45) is 0 Å². The van der Waals surface area contributed by atoms with Crippen LogP contribution < -0.4 is 0 Å². The third-order valence-corrected chi connectivity index (χ3v) is 2.14. The SMILES string of the molecule is C=CC(=O)/C(CCC)=C(/C=C)CCC. The van der Waals surface area contributed by atoms with Gasteiger partial charge in [-0.3, -0.25) is 4.79 Å². The highest BCUT2D eigenvalue weighted by Crippen LogP contribution is 2.18. The largest absolute Gasteiger partial charge is 0.290 e. The molecule has 0 amide bonds. The second kappa shape index (κ2) is 7.31. The molecule has 0 bridgehead atoms. The molecule has 0 aromatic rings. The molecule has 0 aliphatic heterocycles. The van der Waals surface area contributed by atoms with Gasteiger partial charge >= 0.3 is 0 Å². The molecule has 0 atom stereocenters. The molecule has 0 aromatic carbocycles. The fourth-order valence-corrected chi connectivity index (χ4v) is 1.46. The quantitative estimate of drug-likeness (QED) is 0.442. The Labute approximate surface area is 87.2 Å². The molecule has 0 aliphatic carbocycles. The second-order valence-electron chi connectivity index (χ2n) is 3.28. The maximum absolute atomic E-state index is 11.6. The Bertz CT molecular complexity index is 246. The predicted molar refractivity (Wildman–Crippen MR) is 62.2 cm³/mol. The van der Waals surface area contributed by atoms with Crippen LogP contribution in [0.3, 0.4) is 0 Å². The van der Waals surface area contributed by atoms with Crippen molar-refractivity contribution in [1.29, 1.82) is 0 Å². The zero-order valence-electron chi connectivity index (χ0n) is 9.31. The summed E-state index contributed by atoms with van der Waals surface area (Å²) < 4.78 is 0. The van der Waals surface area contributed by atoms with E-state index in [1.165, 1.54) is 6.08 Å². The summed E-state index contributed by atoms with van der Waals surface area (Å²) in [5, 5.41) is 0. The summed E-state index contributed by atoms with van der Waals surface area (Å²) >= 11 is 0. The Kier molecular flexibility index (Phi) is 6.73. The average molecular weight is 192 g/mol. The summed E-state index contributed by atoms with van der Waals surface area (Å²) in [5.74, 6) is 0.0511. The molecule has 0 saturated carbocycles. The van der Waals surface area contributed by atoms with Gasteiger partial charge in [0.2, 0.25) is 0 Å². The Morgan fingerprint density at radius 1 is 1.07 bits per heavy atom. The third kappa shape index (κ3) is 3.73. The van der Waals surface area contributed by atoms with Crippen molar-refractivity contribution in [3.63, 3.8) is 0 Å². The van der Waals surface area contributed by atoms with Gasteiger partial charge in [-0.1, -0.05) is 45.9 Å². The summed E-state index contributed by atoms with van der Waals surface area (Å²) in [4.78, 5) is 11.6. The van der Waals surface area contributed by atoms with Crippen molar-refractivity contribution in [2.75, 3.05) is 0 Å². The molecule has 78 valence electrons. The predicted octanol–water partition coefficient (Wildman–Crippen LogP) is 3.82. The number of ketones is 1. The summed E-state index contributed by atoms with van der Waals surface area (Å²) in [5.41, 5.74) is 1.97. The number of carbonyl (C=O) groups excluding carboxylic acids is 1. The Hall–Kier alpha value is -1.11. The molecule has 0 N–H and O–H groups in total. The van der Waals surface area contributed by atoms with Gasteiger partial charge in [-0.15, -0.1) is 0 Å². The molecule has 0 aliphatic rings. The highest BCUT2D eigenvalue weighted by molar-refractivity contribution is 6.04. The third-order valence-electron chi connectivity index (χ3n) is 2.14. The van der Waals surface area contributed by atoms with Crippen LogP contribution in [-0.2, 0) is 4.79 Å². The fraction of sp³-hybridized carbons (Fsp3) is 0.462. The normalized spacial score (nSPS) is 11.9. The highest BCUT2D eigenvalue weighted by Gasteiger charge is 2.08. The topological polar surface area (TPSA) is 17.1 Å². The zero-order valence-corrected chi connectivity index (χ0v) is 9.31. The smallest absolute Gasteiger partial charge is 0.181 e.